The van der Waals surface area contributed by atoms with Crippen LogP contribution in [0.3, 0.4) is 0 Å². The minimum absolute atomic E-state index is 0.149. The van der Waals surface area contributed by atoms with Crippen molar-refractivity contribution in [3.05, 3.63) is 0 Å². The lowest BCUT2D eigenvalue weighted by molar-refractivity contribution is -0.258. The molecular formula is C4H8F2O2. The molecule has 0 aromatic carbocycles. The molecule has 0 aliphatic rings. The Morgan fingerprint density at radius 3 is 2.00 bits per heavy atom. The van der Waals surface area contributed by atoms with Crippen molar-refractivity contribution in [3.8, 4) is 0 Å². The second-order valence-electron chi connectivity index (χ2n) is 1.51. The van der Waals surface area contributed by atoms with Crippen molar-refractivity contribution < 1.29 is 19.0 Å². The molecule has 0 radical (unpaired) electrons. The van der Waals surface area contributed by atoms with Crippen LogP contribution in [0.1, 0.15) is 13.3 Å². The maximum atomic E-state index is 11.4. The van der Waals surface area contributed by atoms with E-state index in [9.17, 15) is 8.78 Å². The van der Waals surface area contributed by atoms with Crippen LogP contribution in [0.25, 0.3) is 0 Å². The van der Waals surface area contributed by atoms with E-state index in [0.717, 1.165) is 0 Å². The molecule has 0 amide bonds. The maximum Gasteiger partial charge on any atom is 0.379 e. The SMILES string of the molecule is CCC(O)C(O)(F)F. The first kappa shape index (κ1) is 7.78. The number of hydrogen-bond acceptors (Lipinski definition) is 2. The standard InChI is InChI=1S/C4H8F2O2/c1-2-3(7)4(5,6)8/h3,7-8H,2H2,1H3. The van der Waals surface area contributed by atoms with Crippen LogP contribution in [0.15, 0.2) is 0 Å². The van der Waals surface area contributed by atoms with Crippen molar-refractivity contribution in [3.63, 3.8) is 0 Å². The highest BCUT2D eigenvalue weighted by molar-refractivity contribution is 4.60. The summed E-state index contributed by atoms with van der Waals surface area (Å²) in [6.07, 6.45) is -6.01. The van der Waals surface area contributed by atoms with E-state index in [1.165, 1.54) is 6.92 Å². The van der Waals surface area contributed by atoms with Crippen LogP contribution < -0.4 is 0 Å². The van der Waals surface area contributed by atoms with Crippen LogP contribution in [-0.4, -0.2) is 22.4 Å². The third kappa shape index (κ3) is 2.18. The molecule has 0 rings (SSSR count). The van der Waals surface area contributed by atoms with Crippen molar-refractivity contribution in [2.75, 3.05) is 0 Å². The van der Waals surface area contributed by atoms with E-state index in [4.69, 9.17) is 10.2 Å². The van der Waals surface area contributed by atoms with E-state index in [0.29, 0.717) is 0 Å². The third-order valence-electron chi connectivity index (χ3n) is 0.788. The Labute approximate surface area is 45.8 Å². The van der Waals surface area contributed by atoms with Gasteiger partial charge < -0.3 is 10.2 Å². The first-order valence-corrected chi connectivity index (χ1v) is 2.26. The summed E-state index contributed by atoms with van der Waals surface area (Å²) >= 11 is 0. The van der Waals surface area contributed by atoms with Gasteiger partial charge in [-0.25, -0.2) is 0 Å². The van der Waals surface area contributed by atoms with Gasteiger partial charge >= 0.3 is 6.11 Å². The predicted octanol–water partition coefficient (Wildman–Crippen LogP) is 0.342. The van der Waals surface area contributed by atoms with E-state index in [-0.39, 0.29) is 6.42 Å². The molecule has 0 aromatic rings. The summed E-state index contributed by atoms with van der Waals surface area (Å²) in [7, 11) is 0. The molecule has 0 bridgehead atoms. The molecule has 2 nitrogen and oxygen atoms in total. The summed E-state index contributed by atoms with van der Waals surface area (Å²) in [4.78, 5) is 0. The molecule has 8 heavy (non-hydrogen) atoms. The number of alkyl halides is 2. The fraction of sp³-hybridized carbons (Fsp3) is 1.00. The zero-order chi connectivity index (χ0) is 6.78. The second-order valence-corrected chi connectivity index (χ2v) is 1.51. The Morgan fingerprint density at radius 2 is 2.00 bits per heavy atom. The van der Waals surface area contributed by atoms with Crippen LogP contribution in [0.5, 0.6) is 0 Å². The van der Waals surface area contributed by atoms with Gasteiger partial charge in [0.25, 0.3) is 0 Å². The van der Waals surface area contributed by atoms with Gasteiger partial charge in [0.1, 0.15) is 6.10 Å². The van der Waals surface area contributed by atoms with Crippen LogP contribution in [0.2, 0.25) is 0 Å². The first-order chi connectivity index (χ1) is 3.48. The van der Waals surface area contributed by atoms with E-state index in [1.807, 2.05) is 0 Å². The molecule has 0 heterocycles. The third-order valence-corrected chi connectivity index (χ3v) is 0.788. The van der Waals surface area contributed by atoms with E-state index < -0.39 is 12.2 Å². The monoisotopic (exact) mass is 126 g/mol. The van der Waals surface area contributed by atoms with Crippen LogP contribution in [0.4, 0.5) is 8.78 Å². The highest BCUT2D eigenvalue weighted by Crippen LogP contribution is 2.15. The van der Waals surface area contributed by atoms with Crippen molar-refractivity contribution in [2.24, 2.45) is 0 Å². The fourth-order valence-electron chi connectivity index (χ4n) is 0.246. The van der Waals surface area contributed by atoms with Gasteiger partial charge in [0.05, 0.1) is 0 Å². The zero-order valence-corrected chi connectivity index (χ0v) is 4.43. The van der Waals surface area contributed by atoms with Gasteiger partial charge in [-0.2, -0.15) is 8.78 Å². The quantitative estimate of drug-likeness (QED) is 0.560. The predicted molar refractivity (Wildman–Crippen MR) is 23.5 cm³/mol. The Morgan fingerprint density at radius 1 is 1.62 bits per heavy atom. The smallest absolute Gasteiger partial charge is 0.379 e. The van der Waals surface area contributed by atoms with Gasteiger partial charge in [-0.05, 0) is 6.42 Å². The zero-order valence-electron chi connectivity index (χ0n) is 4.43. The molecule has 2 N–H and O–H groups in total. The number of hydrogen-bond donors (Lipinski definition) is 2. The molecule has 1 atom stereocenters. The maximum absolute atomic E-state index is 11.4. The van der Waals surface area contributed by atoms with Crippen LogP contribution in [-0.2, 0) is 0 Å². The molecule has 0 aromatic heterocycles. The Balaban J connectivity index is 3.62. The summed E-state index contributed by atoms with van der Waals surface area (Å²) in [6, 6.07) is 0. The Bertz CT molecular complexity index is 68.9. The minimum atomic E-state index is -3.94. The van der Waals surface area contributed by atoms with Gasteiger partial charge in [-0.15, -0.1) is 0 Å². The van der Waals surface area contributed by atoms with E-state index in [2.05, 4.69) is 0 Å². The Hall–Kier alpha value is -0.220. The van der Waals surface area contributed by atoms with Gasteiger partial charge in [0, 0.05) is 0 Å². The molecule has 0 fully saturated rings. The second kappa shape index (κ2) is 2.37. The molecular weight excluding hydrogens is 118 g/mol. The van der Waals surface area contributed by atoms with E-state index >= 15 is 0 Å². The van der Waals surface area contributed by atoms with Crippen molar-refractivity contribution in [1.82, 2.24) is 0 Å². The largest absolute Gasteiger partial charge is 0.384 e. The molecule has 0 saturated carbocycles. The fourth-order valence-corrected chi connectivity index (χ4v) is 0.246. The van der Waals surface area contributed by atoms with E-state index in [1.54, 1.807) is 0 Å². The summed E-state index contributed by atoms with van der Waals surface area (Å²) in [5.74, 6) is 0. The Kier molecular flexibility index (Phi) is 2.30. The molecule has 0 saturated heterocycles. The minimum Gasteiger partial charge on any atom is -0.384 e. The highest BCUT2D eigenvalue weighted by atomic mass is 19.3. The molecule has 0 aliphatic heterocycles. The van der Waals surface area contributed by atoms with Gasteiger partial charge in [0.2, 0.25) is 0 Å². The summed E-state index contributed by atoms with van der Waals surface area (Å²) in [5.41, 5.74) is 0. The molecule has 4 heteroatoms. The highest BCUT2D eigenvalue weighted by Gasteiger charge is 2.33. The number of aliphatic hydroxyl groups is 2. The molecule has 0 spiro atoms. The van der Waals surface area contributed by atoms with Crippen LogP contribution >= 0.6 is 0 Å². The lowest BCUT2D eigenvalue weighted by Crippen LogP contribution is -2.31. The molecule has 1 unspecified atom stereocenters. The van der Waals surface area contributed by atoms with Gasteiger partial charge in [-0.1, -0.05) is 6.92 Å². The van der Waals surface area contributed by atoms with Crippen molar-refractivity contribution in [2.45, 2.75) is 25.6 Å². The van der Waals surface area contributed by atoms with Crippen molar-refractivity contribution >= 4 is 0 Å². The number of rotatable bonds is 2. The average Bonchev–Trinajstić information content (AvgIpc) is 1.62. The average molecular weight is 126 g/mol. The summed E-state index contributed by atoms with van der Waals surface area (Å²) < 4.78 is 22.8. The van der Waals surface area contributed by atoms with Crippen LogP contribution in [0, 0.1) is 0 Å². The normalized spacial score (nSPS) is 16.1. The number of halogens is 2. The lowest BCUT2D eigenvalue weighted by atomic mass is 10.3. The van der Waals surface area contributed by atoms with Crippen molar-refractivity contribution in [1.29, 1.82) is 0 Å². The molecule has 0 aliphatic carbocycles. The summed E-state index contributed by atoms with van der Waals surface area (Å²) in [6.45, 7) is 1.36. The number of aliphatic hydroxyl groups excluding tert-OH is 1. The summed E-state index contributed by atoms with van der Waals surface area (Å²) in [5, 5.41) is 15.9. The lowest BCUT2D eigenvalue weighted by Gasteiger charge is -2.13. The van der Waals surface area contributed by atoms with Gasteiger partial charge in [-0.3, -0.25) is 0 Å². The molecule has 50 valence electrons. The topological polar surface area (TPSA) is 40.5 Å². The first-order valence-electron chi connectivity index (χ1n) is 2.26. The van der Waals surface area contributed by atoms with Gasteiger partial charge in [0.15, 0.2) is 0 Å².